The number of hydrogen-bond donors (Lipinski definition) is 2. The second-order valence-electron chi connectivity index (χ2n) is 5.96. The Morgan fingerprint density at radius 3 is 2.75 bits per heavy atom. The van der Waals surface area contributed by atoms with Crippen LogP contribution in [-0.2, 0) is 11.2 Å². The predicted molar refractivity (Wildman–Crippen MR) is 90.3 cm³/mol. The summed E-state index contributed by atoms with van der Waals surface area (Å²) in [6.07, 6.45) is -0.159. The van der Waals surface area contributed by atoms with E-state index in [1.165, 1.54) is 12.1 Å². The van der Waals surface area contributed by atoms with E-state index in [9.17, 15) is 15.0 Å². The van der Waals surface area contributed by atoms with Gasteiger partial charge in [-0.15, -0.1) is 0 Å². The smallest absolute Gasteiger partial charge is 0.410 e. The molecule has 6 heteroatoms. The molecular formula is C18H18ClNO4. The molecule has 126 valence electrons. The largest absolute Gasteiger partial charge is 0.504 e. The van der Waals surface area contributed by atoms with Crippen molar-refractivity contribution in [3.8, 4) is 11.5 Å². The quantitative estimate of drug-likeness (QED) is 0.823. The number of phenolic OH excluding ortho intramolecular Hbond substituents is 2. The summed E-state index contributed by atoms with van der Waals surface area (Å²) in [5, 5.41) is 19.6. The molecule has 24 heavy (non-hydrogen) atoms. The number of ether oxygens (including phenoxy) is 1. The van der Waals surface area contributed by atoms with E-state index in [2.05, 4.69) is 0 Å². The van der Waals surface area contributed by atoms with Crippen molar-refractivity contribution in [2.24, 2.45) is 0 Å². The maximum absolute atomic E-state index is 12.2. The third kappa shape index (κ3) is 3.41. The van der Waals surface area contributed by atoms with E-state index in [1.54, 1.807) is 23.1 Å². The molecule has 0 aliphatic carbocycles. The zero-order chi connectivity index (χ0) is 17.3. The molecule has 1 fully saturated rings. The van der Waals surface area contributed by atoms with Gasteiger partial charge in [-0.05, 0) is 48.7 Å². The fraction of sp³-hybridized carbons (Fsp3) is 0.278. The molecule has 0 aromatic heterocycles. The number of carbonyl (C=O) groups is 1. The van der Waals surface area contributed by atoms with Gasteiger partial charge in [0.1, 0.15) is 6.10 Å². The molecule has 3 rings (SSSR count). The Hall–Kier alpha value is -2.40. The molecule has 0 bridgehead atoms. The number of hydrogen-bond acceptors (Lipinski definition) is 4. The van der Waals surface area contributed by atoms with Crippen molar-refractivity contribution in [3.63, 3.8) is 0 Å². The molecule has 2 unspecified atom stereocenters. The third-order valence-corrected chi connectivity index (χ3v) is 4.40. The molecule has 0 spiro atoms. The number of phenols is 2. The van der Waals surface area contributed by atoms with Crippen molar-refractivity contribution >= 4 is 17.7 Å². The number of aromatic hydroxyl groups is 2. The highest BCUT2D eigenvalue weighted by Gasteiger charge is 2.35. The minimum Gasteiger partial charge on any atom is -0.504 e. The van der Waals surface area contributed by atoms with Gasteiger partial charge in [0.05, 0.1) is 6.54 Å². The van der Waals surface area contributed by atoms with Gasteiger partial charge in [0.25, 0.3) is 0 Å². The summed E-state index contributed by atoms with van der Waals surface area (Å²) in [4.78, 5) is 13.8. The number of nitrogens with zero attached hydrogens (tertiary/aromatic N) is 1. The van der Waals surface area contributed by atoms with E-state index in [-0.39, 0.29) is 29.7 Å². The zero-order valence-corrected chi connectivity index (χ0v) is 13.9. The molecule has 2 aromatic carbocycles. The summed E-state index contributed by atoms with van der Waals surface area (Å²) < 4.78 is 5.46. The number of rotatable bonds is 4. The first kappa shape index (κ1) is 16.5. The molecule has 2 atom stereocenters. The number of halogens is 1. The summed E-state index contributed by atoms with van der Waals surface area (Å²) in [5.74, 6) is -0.325. The highest BCUT2D eigenvalue weighted by atomic mass is 35.5. The molecule has 1 saturated heterocycles. The average molecular weight is 348 g/mol. The second kappa shape index (κ2) is 6.61. The lowest BCUT2D eigenvalue weighted by Crippen LogP contribution is -2.35. The van der Waals surface area contributed by atoms with Gasteiger partial charge in [0.15, 0.2) is 11.5 Å². The van der Waals surface area contributed by atoms with Crippen molar-refractivity contribution in [1.82, 2.24) is 4.90 Å². The van der Waals surface area contributed by atoms with Crippen molar-refractivity contribution in [3.05, 3.63) is 58.6 Å². The second-order valence-corrected chi connectivity index (χ2v) is 6.39. The molecule has 2 N–H and O–H groups in total. The van der Waals surface area contributed by atoms with Gasteiger partial charge >= 0.3 is 6.09 Å². The predicted octanol–water partition coefficient (Wildman–Crippen LogP) is 3.88. The summed E-state index contributed by atoms with van der Waals surface area (Å²) in [6.45, 7) is 2.37. The van der Waals surface area contributed by atoms with Crippen LogP contribution in [-0.4, -0.2) is 33.8 Å². The van der Waals surface area contributed by atoms with Crippen molar-refractivity contribution < 1.29 is 19.7 Å². The lowest BCUT2D eigenvalue weighted by atomic mass is 10.0. The first-order valence-corrected chi connectivity index (χ1v) is 8.05. The molecule has 1 amide bonds. The molecule has 1 aliphatic heterocycles. The summed E-state index contributed by atoms with van der Waals surface area (Å²) in [7, 11) is 0. The van der Waals surface area contributed by atoms with Crippen LogP contribution in [0.15, 0.2) is 42.5 Å². The van der Waals surface area contributed by atoms with E-state index in [1.807, 2.05) is 19.1 Å². The molecule has 0 radical (unpaired) electrons. The number of amides is 1. The highest BCUT2D eigenvalue weighted by Crippen LogP contribution is 2.30. The Morgan fingerprint density at radius 2 is 2.04 bits per heavy atom. The van der Waals surface area contributed by atoms with Gasteiger partial charge in [-0.25, -0.2) is 4.79 Å². The molecule has 1 aliphatic rings. The SMILES string of the molecule is CC(Cc1ccc(O)c(O)c1)N1CC(c2cccc(Cl)c2)OC1=O. The normalized spacial score (nSPS) is 18.5. The maximum atomic E-state index is 12.2. The molecular weight excluding hydrogens is 330 g/mol. The van der Waals surface area contributed by atoms with Crippen LogP contribution in [0.2, 0.25) is 5.02 Å². The Morgan fingerprint density at radius 1 is 1.25 bits per heavy atom. The maximum Gasteiger partial charge on any atom is 0.410 e. The zero-order valence-electron chi connectivity index (χ0n) is 13.1. The summed E-state index contributed by atoms with van der Waals surface area (Å²) in [6, 6.07) is 11.8. The fourth-order valence-electron chi connectivity index (χ4n) is 2.87. The number of benzene rings is 2. The van der Waals surface area contributed by atoms with Crippen molar-refractivity contribution in [2.75, 3.05) is 6.54 Å². The van der Waals surface area contributed by atoms with Crippen LogP contribution in [0.3, 0.4) is 0 Å². The Bertz CT molecular complexity index is 764. The van der Waals surface area contributed by atoms with E-state index < -0.39 is 0 Å². The third-order valence-electron chi connectivity index (χ3n) is 4.16. The summed E-state index contributed by atoms with van der Waals surface area (Å²) in [5.41, 5.74) is 1.70. The van der Waals surface area contributed by atoms with E-state index >= 15 is 0 Å². The fourth-order valence-corrected chi connectivity index (χ4v) is 3.07. The van der Waals surface area contributed by atoms with Crippen LogP contribution in [0.25, 0.3) is 0 Å². The number of cyclic esters (lactones) is 1. The van der Waals surface area contributed by atoms with Gasteiger partial charge < -0.3 is 19.8 Å². The van der Waals surface area contributed by atoms with Gasteiger partial charge in [0.2, 0.25) is 0 Å². The molecule has 5 nitrogen and oxygen atoms in total. The lowest BCUT2D eigenvalue weighted by Gasteiger charge is -2.22. The molecule has 0 saturated carbocycles. The Kier molecular flexibility index (Phi) is 4.53. The Balaban J connectivity index is 1.70. The minimum atomic E-state index is -0.365. The van der Waals surface area contributed by atoms with E-state index in [0.717, 1.165) is 11.1 Å². The number of carbonyl (C=O) groups excluding carboxylic acids is 1. The van der Waals surface area contributed by atoms with Crippen molar-refractivity contribution in [1.29, 1.82) is 0 Å². The van der Waals surface area contributed by atoms with E-state index in [4.69, 9.17) is 16.3 Å². The minimum absolute atomic E-state index is 0.106. The first-order chi connectivity index (χ1) is 11.4. The Labute approximate surface area is 145 Å². The monoisotopic (exact) mass is 347 g/mol. The van der Waals surface area contributed by atoms with Crippen LogP contribution in [0.1, 0.15) is 24.2 Å². The summed E-state index contributed by atoms with van der Waals surface area (Å²) >= 11 is 6.00. The van der Waals surface area contributed by atoms with Gasteiger partial charge in [-0.1, -0.05) is 29.8 Å². The molecule has 2 aromatic rings. The van der Waals surface area contributed by atoms with Crippen LogP contribution in [0, 0.1) is 0 Å². The average Bonchev–Trinajstić information content (AvgIpc) is 2.93. The van der Waals surface area contributed by atoms with Gasteiger partial charge in [0, 0.05) is 11.1 Å². The van der Waals surface area contributed by atoms with Gasteiger partial charge in [-0.2, -0.15) is 0 Å². The van der Waals surface area contributed by atoms with Crippen molar-refractivity contribution in [2.45, 2.75) is 25.5 Å². The van der Waals surface area contributed by atoms with Crippen LogP contribution in [0.4, 0.5) is 4.79 Å². The topological polar surface area (TPSA) is 70.0 Å². The highest BCUT2D eigenvalue weighted by molar-refractivity contribution is 6.30. The first-order valence-electron chi connectivity index (χ1n) is 7.67. The standard InChI is InChI=1S/C18H18ClNO4/c1-11(7-12-5-6-15(21)16(22)8-12)20-10-17(24-18(20)23)13-3-2-4-14(19)9-13/h2-6,8-9,11,17,21-22H,7,10H2,1H3. The van der Waals surface area contributed by atoms with E-state index in [0.29, 0.717) is 18.0 Å². The van der Waals surface area contributed by atoms with Crippen LogP contribution < -0.4 is 0 Å². The lowest BCUT2D eigenvalue weighted by molar-refractivity contribution is 0.129. The van der Waals surface area contributed by atoms with Gasteiger partial charge in [-0.3, -0.25) is 0 Å². The van der Waals surface area contributed by atoms with Crippen LogP contribution in [0.5, 0.6) is 11.5 Å². The van der Waals surface area contributed by atoms with Crippen LogP contribution >= 0.6 is 11.6 Å². The molecule has 1 heterocycles.